The Kier molecular flexibility index (Phi) is 7.79. The molecule has 1 aromatic heterocycles. The number of methoxy groups -OCH3 is 1. The van der Waals surface area contributed by atoms with Crippen LogP contribution in [0.5, 0.6) is 5.75 Å². The highest BCUT2D eigenvalue weighted by molar-refractivity contribution is 6.05. The Morgan fingerprint density at radius 1 is 0.878 bits per heavy atom. The minimum atomic E-state index is -0.177. The SMILES string of the molecule is COc1ccc(-c2ccc(C(=O)Nc3ccc4cc(CN5CCC(c6ccc(C)cc6)CC5)ccc4c3)cn2)cc1. The first-order chi connectivity index (χ1) is 20.0. The fourth-order valence-corrected chi connectivity index (χ4v) is 5.66. The van der Waals surface area contributed by atoms with Crippen molar-refractivity contribution in [3.8, 4) is 17.0 Å². The van der Waals surface area contributed by atoms with Crippen LogP contribution in [0.3, 0.4) is 0 Å². The molecule has 0 radical (unpaired) electrons. The molecular weight excluding hydrogens is 506 g/mol. The summed E-state index contributed by atoms with van der Waals surface area (Å²) in [5.41, 5.74) is 7.19. The fourth-order valence-electron chi connectivity index (χ4n) is 5.66. The lowest BCUT2D eigenvalue weighted by Gasteiger charge is -2.32. The van der Waals surface area contributed by atoms with Gasteiger partial charge in [0, 0.05) is 24.0 Å². The maximum atomic E-state index is 12.9. The molecule has 41 heavy (non-hydrogen) atoms. The second-order valence-corrected chi connectivity index (χ2v) is 11.0. The Balaban J connectivity index is 1.06. The number of nitrogens with one attached hydrogen (secondary N) is 1. The van der Waals surface area contributed by atoms with Gasteiger partial charge in [0.25, 0.3) is 5.91 Å². The van der Waals surface area contributed by atoms with Crippen LogP contribution in [-0.4, -0.2) is 36.0 Å². The summed E-state index contributed by atoms with van der Waals surface area (Å²) in [6, 6.07) is 33.2. The van der Waals surface area contributed by atoms with Crippen molar-refractivity contribution < 1.29 is 9.53 Å². The molecule has 0 unspecified atom stereocenters. The summed E-state index contributed by atoms with van der Waals surface area (Å²) in [5, 5.41) is 5.31. The van der Waals surface area contributed by atoms with Crippen molar-refractivity contribution in [2.75, 3.05) is 25.5 Å². The van der Waals surface area contributed by atoms with E-state index in [0.717, 1.165) is 47.7 Å². The third kappa shape index (κ3) is 6.31. The molecule has 0 spiro atoms. The normalized spacial score (nSPS) is 14.2. The number of aryl methyl sites for hydroxylation is 1. The molecule has 5 heteroatoms. The molecule has 5 aromatic rings. The van der Waals surface area contributed by atoms with E-state index in [0.29, 0.717) is 11.5 Å². The number of ether oxygens (including phenoxy) is 1. The van der Waals surface area contributed by atoms with Crippen LogP contribution in [0, 0.1) is 6.92 Å². The van der Waals surface area contributed by atoms with Crippen molar-refractivity contribution in [1.29, 1.82) is 0 Å². The molecule has 6 rings (SSSR count). The first-order valence-corrected chi connectivity index (χ1v) is 14.3. The number of fused-ring (bicyclic) bond motifs is 1. The van der Waals surface area contributed by atoms with Gasteiger partial charge < -0.3 is 10.1 Å². The minimum Gasteiger partial charge on any atom is -0.497 e. The average Bonchev–Trinajstić information content (AvgIpc) is 3.02. The molecule has 2 heterocycles. The summed E-state index contributed by atoms with van der Waals surface area (Å²) in [7, 11) is 1.64. The van der Waals surface area contributed by atoms with Gasteiger partial charge in [0.15, 0.2) is 0 Å². The summed E-state index contributed by atoms with van der Waals surface area (Å²) < 4.78 is 5.22. The number of amides is 1. The Labute approximate surface area is 241 Å². The lowest BCUT2D eigenvalue weighted by Crippen LogP contribution is -2.32. The summed E-state index contributed by atoms with van der Waals surface area (Å²) in [5.74, 6) is 1.29. The molecule has 1 aliphatic rings. The van der Waals surface area contributed by atoms with Crippen LogP contribution in [0.4, 0.5) is 5.69 Å². The molecule has 0 bridgehead atoms. The largest absolute Gasteiger partial charge is 0.497 e. The highest BCUT2D eigenvalue weighted by atomic mass is 16.5. The first kappa shape index (κ1) is 26.7. The lowest BCUT2D eigenvalue weighted by atomic mass is 9.89. The number of pyridine rings is 1. The quantitative estimate of drug-likeness (QED) is 0.228. The zero-order valence-electron chi connectivity index (χ0n) is 23.6. The molecule has 0 atom stereocenters. The van der Waals surface area contributed by atoms with Gasteiger partial charge in [-0.05, 0) is 115 Å². The Bertz CT molecular complexity index is 1640. The van der Waals surface area contributed by atoms with E-state index >= 15 is 0 Å². The number of carbonyl (C=O) groups is 1. The number of rotatable bonds is 7. The molecule has 1 saturated heterocycles. The third-order valence-corrected chi connectivity index (χ3v) is 8.12. The van der Waals surface area contributed by atoms with Gasteiger partial charge >= 0.3 is 0 Å². The molecule has 4 aromatic carbocycles. The number of nitrogens with zero attached hydrogens (tertiary/aromatic N) is 2. The van der Waals surface area contributed by atoms with Crippen LogP contribution in [0.25, 0.3) is 22.0 Å². The van der Waals surface area contributed by atoms with E-state index in [9.17, 15) is 4.79 Å². The van der Waals surface area contributed by atoms with Crippen LogP contribution >= 0.6 is 0 Å². The van der Waals surface area contributed by atoms with Gasteiger partial charge in [0.05, 0.1) is 18.4 Å². The summed E-state index contributed by atoms with van der Waals surface area (Å²) in [6.07, 6.45) is 4.03. The van der Waals surface area contributed by atoms with E-state index < -0.39 is 0 Å². The molecule has 1 aliphatic heterocycles. The predicted molar refractivity (Wildman–Crippen MR) is 167 cm³/mol. The van der Waals surface area contributed by atoms with E-state index in [1.165, 1.54) is 34.9 Å². The number of piperidine rings is 1. The number of carbonyl (C=O) groups excluding carboxylic acids is 1. The summed E-state index contributed by atoms with van der Waals surface area (Å²) >= 11 is 0. The maximum absolute atomic E-state index is 12.9. The number of hydrogen-bond donors (Lipinski definition) is 1. The van der Waals surface area contributed by atoms with Gasteiger partial charge in [0.1, 0.15) is 5.75 Å². The molecule has 1 N–H and O–H groups in total. The highest BCUT2D eigenvalue weighted by Gasteiger charge is 2.20. The van der Waals surface area contributed by atoms with Crippen molar-refractivity contribution in [3.05, 3.63) is 126 Å². The van der Waals surface area contributed by atoms with Crippen LogP contribution in [0.1, 0.15) is 45.8 Å². The first-order valence-electron chi connectivity index (χ1n) is 14.3. The molecule has 1 amide bonds. The lowest BCUT2D eigenvalue weighted by molar-refractivity contribution is 0.102. The van der Waals surface area contributed by atoms with Crippen molar-refractivity contribution in [2.24, 2.45) is 0 Å². The maximum Gasteiger partial charge on any atom is 0.257 e. The topological polar surface area (TPSA) is 54.5 Å². The minimum absolute atomic E-state index is 0.177. The van der Waals surface area contributed by atoms with Gasteiger partial charge in [0.2, 0.25) is 0 Å². The predicted octanol–water partition coefficient (Wildman–Crippen LogP) is 7.85. The van der Waals surface area contributed by atoms with E-state index in [1.54, 1.807) is 19.4 Å². The Hall–Kier alpha value is -4.48. The van der Waals surface area contributed by atoms with Gasteiger partial charge in [-0.15, -0.1) is 0 Å². The molecular formula is C36H35N3O2. The smallest absolute Gasteiger partial charge is 0.257 e. The summed E-state index contributed by atoms with van der Waals surface area (Å²) in [4.78, 5) is 20.0. The standard InChI is InChI=1S/C36H35N3O2/c1-25-3-6-27(7-4-25)28-17-19-39(20-18-28)24-26-5-8-31-22-33(13-9-30(31)21-26)38-36(40)32-12-16-35(37-23-32)29-10-14-34(41-2)15-11-29/h3-16,21-23,28H,17-20,24H2,1-2H3,(H,38,40). The van der Waals surface area contributed by atoms with Crippen LogP contribution in [0.2, 0.25) is 0 Å². The zero-order valence-corrected chi connectivity index (χ0v) is 23.6. The zero-order chi connectivity index (χ0) is 28.2. The molecule has 0 saturated carbocycles. The number of anilines is 1. The summed E-state index contributed by atoms with van der Waals surface area (Å²) in [6.45, 7) is 5.36. The second kappa shape index (κ2) is 11.9. The Morgan fingerprint density at radius 2 is 1.61 bits per heavy atom. The van der Waals surface area contributed by atoms with Crippen molar-refractivity contribution in [2.45, 2.75) is 32.2 Å². The monoisotopic (exact) mass is 541 g/mol. The van der Waals surface area contributed by atoms with E-state index in [2.05, 4.69) is 70.7 Å². The van der Waals surface area contributed by atoms with Crippen molar-refractivity contribution in [1.82, 2.24) is 9.88 Å². The van der Waals surface area contributed by atoms with E-state index in [4.69, 9.17) is 4.74 Å². The van der Waals surface area contributed by atoms with Crippen molar-refractivity contribution >= 4 is 22.4 Å². The highest BCUT2D eigenvalue weighted by Crippen LogP contribution is 2.29. The van der Waals surface area contributed by atoms with Crippen LogP contribution in [0.15, 0.2) is 103 Å². The van der Waals surface area contributed by atoms with Crippen LogP contribution in [-0.2, 0) is 6.54 Å². The number of aromatic nitrogens is 1. The van der Waals surface area contributed by atoms with Gasteiger partial charge in [-0.25, -0.2) is 0 Å². The number of hydrogen-bond acceptors (Lipinski definition) is 4. The number of likely N-dealkylation sites (tertiary alicyclic amines) is 1. The van der Waals surface area contributed by atoms with Gasteiger partial charge in [-0.2, -0.15) is 0 Å². The van der Waals surface area contributed by atoms with Crippen LogP contribution < -0.4 is 10.1 Å². The second-order valence-electron chi connectivity index (χ2n) is 11.0. The van der Waals surface area contributed by atoms with E-state index in [1.807, 2.05) is 42.5 Å². The van der Waals surface area contributed by atoms with Gasteiger partial charge in [-0.3, -0.25) is 14.7 Å². The van der Waals surface area contributed by atoms with E-state index in [-0.39, 0.29) is 5.91 Å². The Morgan fingerprint density at radius 3 is 2.32 bits per heavy atom. The van der Waals surface area contributed by atoms with Gasteiger partial charge in [-0.1, -0.05) is 48.0 Å². The number of benzene rings is 4. The third-order valence-electron chi connectivity index (χ3n) is 8.12. The molecule has 5 nitrogen and oxygen atoms in total. The molecule has 0 aliphatic carbocycles. The fraction of sp³-hybridized carbons (Fsp3) is 0.222. The average molecular weight is 542 g/mol. The molecule has 1 fully saturated rings. The molecule has 206 valence electrons. The van der Waals surface area contributed by atoms with Crippen molar-refractivity contribution in [3.63, 3.8) is 0 Å².